The molecule has 0 bridgehead atoms. The molecule has 1 aliphatic rings. The van der Waals surface area contributed by atoms with E-state index in [9.17, 15) is 4.79 Å². The zero-order chi connectivity index (χ0) is 14.5. The van der Waals surface area contributed by atoms with Crippen LogP contribution < -0.4 is 10.1 Å². The predicted molar refractivity (Wildman–Crippen MR) is 87.0 cm³/mol. The van der Waals surface area contributed by atoms with Crippen molar-refractivity contribution >= 4 is 18.3 Å². The van der Waals surface area contributed by atoms with Crippen LogP contribution in [0, 0.1) is 5.92 Å². The number of halogens is 1. The Morgan fingerprint density at radius 3 is 2.67 bits per heavy atom. The summed E-state index contributed by atoms with van der Waals surface area (Å²) < 4.78 is 5.19. The van der Waals surface area contributed by atoms with Crippen LogP contribution in [0.1, 0.15) is 31.4 Å². The minimum absolute atomic E-state index is 0. The number of benzene rings is 1. The van der Waals surface area contributed by atoms with Gasteiger partial charge in [-0.1, -0.05) is 19.1 Å². The molecule has 1 aromatic rings. The molecule has 0 spiro atoms. The average molecular weight is 313 g/mol. The highest BCUT2D eigenvalue weighted by atomic mass is 35.5. The number of nitrogens with zero attached hydrogens (tertiary/aromatic N) is 1. The number of rotatable bonds is 5. The molecule has 1 fully saturated rings. The van der Waals surface area contributed by atoms with Gasteiger partial charge in [-0.3, -0.25) is 4.79 Å². The van der Waals surface area contributed by atoms with Gasteiger partial charge in [0, 0.05) is 19.0 Å². The van der Waals surface area contributed by atoms with Gasteiger partial charge < -0.3 is 15.0 Å². The predicted octanol–water partition coefficient (Wildman–Crippen LogP) is 2.64. The number of hydrogen-bond donors (Lipinski definition) is 1. The number of methoxy groups -OCH3 is 1. The summed E-state index contributed by atoms with van der Waals surface area (Å²) in [5, 5.41) is 3.08. The Kier molecular flexibility index (Phi) is 6.99. The molecule has 0 saturated carbocycles. The van der Waals surface area contributed by atoms with Crippen molar-refractivity contribution in [3.63, 3.8) is 0 Å². The molecular weight excluding hydrogens is 288 g/mol. The van der Waals surface area contributed by atoms with E-state index in [0.717, 1.165) is 31.7 Å². The molecule has 2 rings (SSSR count). The third-order valence-electron chi connectivity index (χ3n) is 3.97. The summed E-state index contributed by atoms with van der Waals surface area (Å²) in [6, 6.07) is 8.28. The van der Waals surface area contributed by atoms with Gasteiger partial charge >= 0.3 is 0 Å². The van der Waals surface area contributed by atoms with Crippen LogP contribution in [0.25, 0.3) is 0 Å². The normalized spacial score (nSPS) is 19.0. The molecule has 0 aromatic heterocycles. The first-order chi connectivity index (χ1) is 9.67. The molecule has 0 aliphatic carbocycles. The van der Waals surface area contributed by atoms with Gasteiger partial charge in [0.15, 0.2) is 0 Å². The summed E-state index contributed by atoms with van der Waals surface area (Å²) in [4.78, 5) is 14.5. The SMILES string of the molecule is CNCC(C)C(=O)N1CCCC1c1ccc(OC)cc1.Cl. The third kappa shape index (κ3) is 4.11. The lowest BCUT2D eigenvalue weighted by Crippen LogP contribution is -2.38. The molecule has 1 N–H and O–H groups in total. The number of likely N-dealkylation sites (tertiary alicyclic amines) is 1. The topological polar surface area (TPSA) is 41.6 Å². The molecule has 1 amide bonds. The largest absolute Gasteiger partial charge is 0.497 e. The van der Waals surface area contributed by atoms with E-state index >= 15 is 0 Å². The average Bonchev–Trinajstić information content (AvgIpc) is 2.96. The Labute approximate surface area is 133 Å². The summed E-state index contributed by atoms with van der Waals surface area (Å²) in [5.74, 6) is 1.13. The zero-order valence-corrected chi connectivity index (χ0v) is 13.8. The molecule has 21 heavy (non-hydrogen) atoms. The van der Waals surface area contributed by atoms with Gasteiger partial charge in [0.1, 0.15) is 5.75 Å². The molecule has 118 valence electrons. The van der Waals surface area contributed by atoms with E-state index in [1.807, 2.05) is 31.0 Å². The highest BCUT2D eigenvalue weighted by molar-refractivity contribution is 5.85. The maximum Gasteiger partial charge on any atom is 0.227 e. The summed E-state index contributed by atoms with van der Waals surface area (Å²) in [6.07, 6.45) is 2.12. The highest BCUT2D eigenvalue weighted by Crippen LogP contribution is 2.33. The van der Waals surface area contributed by atoms with Crippen LogP contribution in [-0.2, 0) is 4.79 Å². The first-order valence-electron chi connectivity index (χ1n) is 7.26. The van der Waals surface area contributed by atoms with Gasteiger partial charge in [0.2, 0.25) is 5.91 Å². The Hall–Kier alpha value is -1.26. The molecule has 5 heteroatoms. The molecule has 2 unspecified atom stereocenters. The molecule has 1 saturated heterocycles. The first-order valence-corrected chi connectivity index (χ1v) is 7.26. The smallest absolute Gasteiger partial charge is 0.227 e. The summed E-state index contributed by atoms with van der Waals surface area (Å²) in [7, 11) is 3.55. The number of amides is 1. The maximum absolute atomic E-state index is 12.5. The number of ether oxygens (including phenoxy) is 1. The van der Waals surface area contributed by atoms with E-state index < -0.39 is 0 Å². The number of carbonyl (C=O) groups is 1. The zero-order valence-electron chi connectivity index (χ0n) is 13.0. The Bertz CT molecular complexity index is 450. The third-order valence-corrected chi connectivity index (χ3v) is 3.97. The lowest BCUT2D eigenvalue weighted by Gasteiger charge is -2.28. The fraction of sp³-hybridized carbons (Fsp3) is 0.562. The fourth-order valence-electron chi connectivity index (χ4n) is 2.88. The monoisotopic (exact) mass is 312 g/mol. The van der Waals surface area contributed by atoms with Crippen LogP contribution >= 0.6 is 12.4 Å². The highest BCUT2D eigenvalue weighted by Gasteiger charge is 2.31. The van der Waals surface area contributed by atoms with Gasteiger partial charge in [-0.25, -0.2) is 0 Å². The van der Waals surface area contributed by atoms with E-state index in [1.165, 1.54) is 5.56 Å². The molecule has 1 heterocycles. The van der Waals surface area contributed by atoms with Gasteiger partial charge in [-0.05, 0) is 37.6 Å². The Balaban J connectivity index is 0.00000220. The van der Waals surface area contributed by atoms with E-state index in [1.54, 1.807) is 7.11 Å². The standard InChI is InChI=1S/C16H24N2O2.ClH/c1-12(11-17-2)16(19)18-10-4-5-15(18)13-6-8-14(20-3)9-7-13;/h6-9,12,15,17H,4-5,10-11H2,1-3H3;1H. The van der Waals surface area contributed by atoms with Gasteiger partial charge in [-0.15, -0.1) is 12.4 Å². The first kappa shape index (κ1) is 17.8. The lowest BCUT2D eigenvalue weighted by molar-refractivity contribution is -0.135. The number of nitrogens with one attached hydrogen (secondary N) is 1. The summed E-state index contributed by atoms with van der Waals surface area (Å²) in [6.45, 7) is 3.58. The number of hydrogen-bond acceptors (Lipinski definition) is 3. The van der Waals surface area contributed by atoms with E-state index in [2.05, 4.69) is 17.4 Å². The van der Waals surface area contributed by atoms with Gasteiger partial charge in [0.25, 0.3) is 0 Å². The number of carbonyl (C=O) groups excluding carboxylic acids is 1. The summed E-state index contributed by atoms with van der Waals surface area (Å²) >= 11 is 0. The molecule has 2 atom stereocenters. The Morgan fingerprint density at radius 2 is 2.10 bits per heavy atom. The summed E-state index contributed by atoms with van der Waals surface area (Å²) in [5.41, 5.74) is 1.20. The Morgan fingerprint density at radius 1 is 1.43 bits per heavy atom. The van der Waals surface area contributed by atoms with Crippen molar-refractivity contribution in [1.82, 2.24) is 10.2 Å². The van der Waals surface area contributed by atoms with E-state index in [0.29, 0.717) is 0 Å². The van der Waals surface area contributed by atoms with Crippen molar-refractivity contribution in [2.45, 2.75) is 25.8 Å². The minimum Gasteiger partial charge on any atom is -0.497 e. The van der Waals surface area contributed by atoms with Gasteiger partial charge in [0.05, 0.1) is 13.2 Å². The quantitative estimate of drug-likeness (QED) is 0.909. The van der Waals surface area contributed by atoms with Crippen LogP contribution in [0.3, 0.4) is 0 Å². The maximum atomic E-state index is 12.5. The fourth-order valence-corrected chi connectivity index (χ4v) is 2.88. The van der Waals surface area contributed by atoms with Crippen molar-refractivity contribution in [1.29, 1.82) is 0 Å². The van der Waals surface area contributed by atoms with Crippen LogP contribution in [-0.4, -0.2) is 38.1 Å². The van der Waals surface area contributed by atoms with E-state index in [4.69, 9.17) is 4.74 Å². The molecule has 0 radical (unpaired) electrons. The lowest BCUT2D eigenvalue weighted by atomic mass is 10.0. The van der Waals surface area contributed by atoms with Gasteiger partial charge in [-0.2, -0.15) is 0 Å². The van der Waals surface area contributed by atoms with Crippen molar-refractivity contribution in [3.05, 3.63) is 29.8 Å². The molecular formula is C16H25ClN2O2. The van der Waals surface area contributed by atoms with Crippen molar-refractivity contribution in [3.8, 4) is 5.75 Å². The van der Waals surface area contributed by atoms with Crippen LogP contribution in [0.2, 0.25) is 0 Å². The second-order valence-corrected chi connectivity index (χ2v) is 5.42. The van der Waals surface area contributed by atoms with Crippen LogP contribution in [0.5, 0.6) is 5.75 Å². The second-order valence-electron chi connectivity index (χ2n) is 5.42. The minimum atomic E-state index is 0. The molecule has 4 nitrogen and oxygen atoms in total. The van der Waals surface area contributed by atoms with Crippen LogP contribution in [0.15, 0.2) is 24.3 Å². The van der Waals surface area contributed by atoms with Crippen molar-refractivity contribution in [2.24, 2.45) is 5.92 Å². The molecule has 1 aliphatic heterocycles. The molecule has 1 aromatic carbocycles. The van der Waals surface area contributed by atoms with Crippen molar-refractivity contribution in [2.75, 3.05) is 27.2 Å². The van der Waals surface area contributed by atoms with Crippen molar-refractivity contribution < 1.29 is 9.53 Å². The second kappa shape index (κ2) is 8.25. The van der Waals surface area contributed by atoms with E-state index in [-0.39, 0.29) is 30.3 Å². The van der Waals surface area contributed by atoms with Crippen LogP contribution in [0.4, 0.5) is 0 Å².